The SMILES string of the molecule is CC1CCC(CC2(N)CCCCC2)O1. The van der Waals surface area contributed by atoms with E-state index in [9.17, 15) is 0 Å². The fourth-order valence-corrected chi connectivity index (χ4v) is 2.95. The Labute approximate surface area is 87.2 Å². The van der Waals surface area contributed by atoms with E-state index in [-0.39, 0.29) is 5.54 Å². The van der Waals surface area contributed by atoms with Crippen molar-refractivity contribution in [3.8, 4) is 0 Å². The quantitative estimate of drug-likeness (QED) is 0.738. The van der Waals surface area contributed by atoms with Gasteiger partial charge in [-0.15, -0.1) is 0 Å². The Morgan fingerprint density at radius 2 is 1.93 bits per heavy atom. The van der Waals surface area contributed by atoms with Gasteiger partial charge in [0.05, 0.1) is 12.2 Å². The van der Waals surface area contributed by atoms with Crippen molar-refractivity contribution in [3.63, 3.8) is 0 Å². The van der Waals surface area contributed by atoms with Gasteiger partial charge in [0.25, 0.3) is 0 Å². The van der Waals surface area contributed by atoms with Crippen LogP contribution in [0.4, 0.5) is 0 Å². The van der Waals surface area contributed by atoms with Crippen molar-refractivity contribution < 1.29 is 4.74 Å². The maximum absolute atomic E-state index is 6.40. The van der Waals surface area contributed by atoms with E-state index in [4.69, 9.17) is 10.5 Å². The maximum atomic E-state index is 6.40. The standard InChI is InChI=1S/C12H23NO/c1-10-5-6-11(14-10)9-12(13)7-3-2-4-8-12/h10-11H,2-9,13H2,1H3. The van der Waals surface area contributed by atoms with Gasteiger partial charge in [-0.25, -0.2) is 0 Å². The number of hydrogen-bond acceptors (Lipinski definition) is 2. The molecule has 14 heavy (non-hydrogen) atoms. The first-order chi connectivity index (χ1) is 6.68. The van der Waals surface area contributed by atoms with Crippen LogP contribution in [0.5, 0.6) is 0 Å². The minimum Gasteiger partial charge on any atom is -0.375 e. The van der Waals surface area contributed by atoms with Crippen molar-refractivity contribution in [2.75, 3.05) is 0 Å². The third-order valence-corrected chi connectivity index (χ3v) is 3.80. The van der Waals surface area contributed by atoms with E-state index in [2.05, 4.69) is 6.92 Å². The summed E-state index contributed by atoms with van der Waals surface area (Å²) in [4.78, 5) is 0. The monoisotopic (exact) mass is 197 g/mol. The van der Waals surface area contributed by atoms with Crippen molar-refractivity contribution >= 4 is 0 Å². The van der Waals surface area contributed by atoms with Crippen LogP contribution >= 0.6 is 0 Å². The molecule has 1 saturated heterocycles. The molecule has 2 nitrogen and oxygen atoms in total. The van der Waals surface area contributed by atoms with E-state index in [1.54, 1.807) is 0 Å². The number of rotatable bonds is 2. The summed E-state index contributed by atoms with van der Waals surface area (Å²) in [5.41, 5.74) is 6.51. The van der Waals surface area contributed by atoms with Gasteiger partial charge in [0.2, 0.25) is 0 Å². The molecule has 2 N–H and O–H groups in total. The Hall–Kier alpha value is -0.0800. The van der Waals surface area contributed by atoms with Gasteiger partial charge in [0.15, 0.2) is 0 Å². The summed E-state index contributed by atoms with van der Waals surface area (Å²) in [6.07, 6.45) is 10.9. The second-order valence-corrected chi connectivity index (χ2v) is 5.27. The first kappa shape index (κ1) is 10.4. The van der Waals surface area contributed by atoms with Gasteiger partial charge in [-0.1, -0.05) is 19.3 Å². The summed E-state index contributed by atoms with van der Waals surface area (Å²) in [6.45, 7) is 2.17. The molecule has 2 heteroatoms. The molecule has 2 aliphatic rings. The zero-order valence-corrected chi connectivity index (χ0v) is 9.30. The van der Waals surface area contributed by atoms with Gasteiger partial charge in [-0.2, -0.15) is 0 Å². The number of hydrogen-bond donors (Lipinski definition) is 1. The maximum Gasteiger partial charge on any atom is 0.0597 e. The third kappa shape index (κ3) is 2.48. The summed E-state index contributed by atoms with van der Waals surface area (Å²) in [7, 11) is 0. The van der Waals surface area contributed by atoms with E-state index in [1.807, 2.05) is 0 Å². The van der Waals surface area contributed by atoms with E-state index in [1.165, 1.54) is 44.9 Å². The van der Waals surface area contributed by atoms with Gasteiger partial charge in [-0.3, -0.25) is 0 Å². The molecule has 2 atom stereocenters. The predicted molar refractivity (Wildman–Crippen MR) is 58.2 cm³/mol. The lowest BCUT2D eigenvalue weighted by atomic mass is 9.78. The second kappa shape index (κ2) is 4.19. The molecule has 0 spiro atoms. The lowest BCUT2D eigenvalue weighted by Gasteiger charge is -2.35. The Kier molecular flexibility index (Phi) is 3.13. The molecule has 0 aromatic heterocycles. The van der Waals surface area contributed by atoms with Crippen molar-refractivity contribution in [2.24, 2.45) is 5.73 Å². The minimum absolute atomic E-state index is 0.104. The normalized spacial score (nSPS) is 37.3. The van der Waals surface area contributed by atoms with Crippen LogP contribution in [0.3, 0.4) is 0 Å². The minimum atomic E-state index is 0.104. The van der Waals surface area contributed by atoms with Crippen molar-refractivity contribution in [1.82, 2.24) is 0 Å². The second-order valence-electron chi connectivity index (χ2n) is 5.27. The highest BCUT2D eigenvalue weighted by Crippen LogP contribution is 2.33. The molecule has 1 heterocycles. The molecule has 0 radical (unpaired) electrons. The first-order valence-corrected chi connectivity index (χ1v) is 6.12. The van der Waals surface area contributed by atoms with Crippen LogP contribution in [0.1, 0.15) is 58.3 Å². The Balaban J connectivity index is 1.83. The summed E-state index contributed by atoms with van der Waals surface area (Å²) >= 11 is 0. The van der Waals surface area contributed by atoms with Gasteiger partial charge >= 0.3 is 0 Å². The Morgan fingerprint density at radius 1 is 1.21 bits per heavy atom. The van der Waals surface area contributed by atoms with Crippen LogP contribution in [-0.4, -0.2) is 17.7 Å². The van der Waals surface area contributed by atoms with Crippen molar-refractivity contribution in [1.29, 1.82) is 0 Å². The van der Waals surface area contributed by atoms with Gasteiger partial charge < -0.3 is 10.5 Å². The predicted octanol–water partition coefficient (Wildman–Crippen LogP) is 2.61. The molecular formula is C12H23NO. The first-order valence-electron chi connectivity index (χ1n) is 6.12. The van der Waals surface area contributed by atoms with Crippen LogP contribution in [0.15, 0.2) is 0 Å². The van der Waals surface area contributed by atoms with Gasteiger partial charge in [0, 0.05) is 5.54 Å². The van der Waals surface area contributed by atoms with Crippen LogP contribution in [0.25, 0.3) is 0 Å². The molecule has 2 rings (SSSR count). The highest BCUT2D eigenvalue weighted by molar-refractivity contribution is 4.91. The molecule has 2 unspecified atom stereocenters. The lowest BCUT2D eigenvalue weighted by molar-refractivity contribution is 0.0314. The molecule has 1 aliphatic heterocycles. The molecule has 1 saturated carbocycles. The lowest BCUT2D eigenvalue weighted by Crippen LogP contribution is -2.44. The van der Waals surface area contributed by atoms with E-state index < -0.39 is 0 Å². The highest BCUT2D eigenvalue weighted by atomic mass is 16.5. The summed E-state index contributed by atoms with van der Waals surface area (Å²) in [6, 6.07) is 0. The van der Waals surface area contributed by atoms with Crippen molar-refractivity contribution in [2.45, 2.75) is 76.0 Å². The molecule has 82 valence electrons. The van der Waals surface area contributed by atoms with Crippen molar-refractivity contribution in [3.05, 3.63) is 0 Å². The molecule has 0 aromatic carbocycles. The fraction of sp³-hybridized carbons (Fsp3) is 1.00. The summed E-state index contributed by atoms with van der Waals surface area (Å²) in [5, 5.41) is 0. The van der Waals surface area contributed by atoms with Crippen LogP contribution in [-0.2, 0) is 4.74 Å². The topological polar surface area (TPSA) is 35.2 Å². The average Bonchev–Trinajstić information content (AvgIpc) is 2.51. The Bertz CT molecular complexity index is 187. The molecule has 2 fully saturated rings. The van der Waals surface area contributed by atoms with E-state index in [0.717, 1.165) is 6.42 Å². The largest absolute Gasteiger partial charge is 0.375 e. The van der Waals surface area contributed by atoms with Gasteiger partial charge in [-0.05, 0) is 39.0 Å². The van der Waals surface area contributed by atoms with Crippen LogP contribution in [0, 0.1) is 0 Å². The average molecular weight is 197 g/mol. The molecule has 0 aromatic rings. The Morgan fingerprint density at radius 3 is 2.50 bits per heavy atom. The zero-order chi connectivity index (χ0) is 10.0. The van der Waals surface area contributed by atoms with Gasteiger partial charge in [0.1, 0.15) is 0 Å². The summed E-state index contributed by atoms with van der Waals surface area (Å²) in [5.74, 6) is 0. The van der Waals surface area contributed by atoms with E-state index in [0.29, 0.717) is 12.2 Å². The number of nitrogens with two attached hydrogens (primary N) is 1. The molecule has 1 aliphatic carbocycles. The zero-order valence-electron chi connectivity index (χ0n) is 9.30. The summed E-state index contributed by atoms with van der Waals surface area (Å²) < 4.78 is 5.85. The van der Waals surface area contributed by atoms with E-state index >= 15 is 0 Å². The smallest absolute Gasteiger partial charge is 0.0597 e. The molecule has 0 bridgehead atoms. The number of ether oxygens (including phenoxy) is 1. The fourth-order valence-electron chi connectivity index (χ4n) is 2.95. The van der Waals surface area contributed by atoms with Crippen LogP contribution < -0.4 is 5.73 Å². The third-order valence-electron chi connectivity index (χ3n) is 3.80. The molecule has 0 amide bonds. The van der Waals surface area contributed by atoms with Crippen LogP contribution in [0.2, 0.25) is 0 Å². The highest BCUT2D eigenvalue weighted by Gasteiger charge is 2.33. The molecular weight excluding hydrogens is 174 g/mol.